The van der Waals surface area contributed by atoms with Gasteiger partial charge in [0, 0.05) is 5.56 Å². The average molecular weight is 250 g/mol. The number of nitrogens with one attached hydrogen (secondary N) is 1. The van der Waals surface area contributed by atoms with Crippen molar-refractivity contribution in [1.29, 1.82) is 5.26 Å². The fourth-order valence-corrected chi connectivity index (χ4v) is 2.04. The van der Waals surface area contributed by atoms with Gasteiger partial charge in [-0.05, 0) is 24.3 Å². The van der Waals surface area contributed by atoms with E-state index in [1.165, 1.54) is 0 Å². The number of carbonyl (C=O) groups excluding carboxylic acids is 1. The predicted octanol–water partition coefficient (Wildman–Crippen LogP) is 2.63. The normalized spacial score (nSPS) is 16.8. The van der Waals surface area contributed by atoms with E-state index in [4.69, 9.17) is 10.00 Å². The van der Waals surface area contributed by atoms with Crippen LogP contribution in [-0.4, -0.2) is 5.91 Å². The van der Waals surface area contributed by atoms with Crippen LogP contribution in [-0.2, 0) is 4.79 Å². The van der Waals surface area contributed by atoms with E-state index in [9.17, 15) is 4.79 Å². The maximum absolute atomic E-state index is 12.0. The van der Waals surface area contributed by atoms with E-state index in [2.05, 4.69) is 11.4 Å². The van der Waals surface area contributed by atoms with Gasteiger partial charge in [-0.3, -0.25) is 4.79 Å². The number of hydrogen-bond donors (Lipinski definition) is 1. The summed E-state index contributed by atoms with van der Waals surface area (Å²) in [7, 11) is 0. The molecule has 4 heteroatoms. The zero-order chi connectivity index (χ0) is 13.2. The summed E-state index contributed by atoms with van der Waals surface area (Å²) < 4.78 is 5.71. The molecule has 0 aliphatic carbocycles. The van der Waals surface area contributed by atoms with Gasteiger partial charge in [0.1, 0.15) is 5.75 Å². The van der Waals surface area contributed by atoms with Gasteiger partial charge < -0.3 is 10.1 Å². The molecule has 19 heavy (non-hydrogen) atoms. The monoisotopic (exact) mass is 250 g/mol. The molecule has 0 aromatic heterocycles. The van der Waals surface area contributed by atoms with E-state index >= 15 is 0 Å². The predicted molar refractivity (Wildman–Crippen MR) is 69.6 cm³/mol. The highest BCUT2D eigenvalue weighted by molar-refractivity contribution is 5.98. The van der Waals surface area contributed by atoms with Gasteiger partial charge in [-0.2, -0.15) is 5.26 Å². The van der Waals surface area contributed by atoms with Crippen LogP contribution >= 0.6 is 0 Å². The lowest BCUT2D eigenvalue weighted by atomic mass is 10.0. The van der Waals surface area contributed by atoms with Gasteiger partial charge in [-0.25, -0.2) is 0 Å². The fourth-order valence-electron chi connectivity index (χ4n) is 2.04. The fraction of sp³-hybridized carbons (Fsp3) is 0.0667. The van der Waals surface area contributed by atoms with E-state index in [-0.39, 0.29) is 5.91 Å². The van der Waals surface area contributed by atoms with Gasteiger partial charge in [0.15, 0.2) is 0 Å². The maximum Gasteiger partial charge on any atom is 0.270 e. The van der Waals surface area contributed by atoms with Crippen molar-refractivity contribution in [2.75, 3.05) is 5.32 Å². The van der Waals surface area contributed by atoms with Crippen LogP contribution in [0.15, 0.2) is 48.5 Å². The molecule has 2 aromatic carbocycles. The summed E-state index contributed by atoms with van der Waals surface area (Å²) in [6, 6.07) is 16.2. The summed E-state index contributed by atoms with van der Waals surface area (Å²) in [6.45, 7) is 0. The van der Waals surface area contributed by atoms with Crippen molar-refractivity contribution in [3.63, 3.8) is 0 Å². The van der Waals surface area contributed by atoms with Crippen LogP contribution in [0.5, 0.6) is 5.75 Å². The molecule has 0 unspecified atom stereocenters. The van der Waals surface area contributed by atoms with E-state index < -0.39 is 6.10 Å². The van der Waals surface area contributed by atoms with Gasteiger partial charge in [0.2, 0.25) is 6.10 Å². The molecule has 0 saturated heterocycles. The number of hydrogen-bond acceptors (Lipinski definition) is 3. The Morgan fingerprint density at radius 2 is 2.00 bits per heavy atom. The quantitative estimate of drug-likeness (QED) is 0.846. The zero-order valence-electron chi connectivity index (χ0n) is 9.96. The Kier molecular flexibility index (Phi) is 2.66. The third-order valence-corrected chi connectivity index (χ3v) is 2.95. The Balaban J connectivity index is 1.98. The van der Waals surface area contributed by atoms with Gasteiger partial charge in [-0.1, -0.05) is 24.3 Å². The maximum atomic E-state index is 12.0. The topological polar surface area (TPSA) is 62.1 Å². The Bertz CT molecular complexity index is 689. The van der Waals surface area contributed by atoms with E-state index in [0.29, 0.717) is 22.6 Å². The lowest BCUT2D eigenvalue weighted by Gasteiger charge is -2.26. The number of benzene rings is 2. The molecule has 3 rings (SSSR count). The highest BCUT2D eigenvalue weighted by Crippen LogP contribution is 2.34. The minimum atomic E-state index is -0.719. The lowest BCUT2D eigenvalue weighted by Crippen LogP contribution is -2.30. The van der Waals surface area contributed by atoms with Crippen molar-refractivity contribution in [1.82, 2.24) is 0 Å². The third-order valence-electron chi connectivity index (χ3n) is 2.95. The van der Waals surface area contributed by atoms with Crippen molar-refractivity contribution >= 4 is 11.6 Å². The molecule has 92 valence electrons. The van der Waals surface area contributed by atoms with Crippen LogP contribution < -0.4 is 10.1 Å². The molecule has 1 atom stereocenters. The number of carbonyl (C=O) groups is 1. The molecular weight excluding hydrogens is 240 g/mol. The molecule has 1 heterocycles. The SMILES string of the molecule is N#Cc1cccc([C@@H]2Oc3ccccc3NC2=O)c1. The number of anilines is 1. The van der Waals surface area contributed by atoms with Gasteiger partial charge in [0.25, 0.3) is 5.91 Å². The van der Waals surface area contributed by atoms with E-state index in [0.717, 1.165) is 0 Å². The molecule has 4 nitrogen and oxygen atoms in total. The largest absolute Gasteiger partial charge is 0.474 e. The molecule has 1 amide bonds. The molecule has 1 N–H and O–H groups in total. The first-order chi connectivity index (χ1) is 9.28. The highest BCUT2D eigenvalue weighted by Gasteiger charge is 2.28. The number of fused-ring (bicyclic) bond motifs is 1. The van der Waals surface area contributed by atoms with E-state index in [1.54, 1.807) is 36.4 Å². The molecule has 0 fully saturated rings. The molecule has 0 spiro atoms. The van der Waals surface area contributed by atoms with Crippen LogP contribution in [0.1, 0.15) is 17.2 Å². The number of para-hydroxylation sites is 2. The first kappa shape index (κ1) is 11.3. The first-order valence-corrected chi connectivity index (χ1v) is 5.84. The average Bonchev–Trinajstić information content (AvgIpc) is 2.46. The number of nitrogens with zero attached hydrogens (tertiary/aromatic N) is 1. The summed E-state index contributed by atoms with van der Waals surface area (Å²) in [5.74, 6) is 0.406. The molecule has 1 aliphatic heterocycles. The standard InChI is InChI=1S/C15H10N2O2/c16-9-10-4-3-5-11(8-10)14-15(18)17-12-6-1-2-7-13(12)19-14/h1-8,14H,(H,17,18)/t14-/m0/s1. The van der Waals surface area contributed by atoms with Gasteiger partial charge >= 0.3 is 0 Å². The summed E-state index contributed by atoms with van der Waals surface area (Å²) >= 11 is 0. The zero-order valence-corrected chi connectivity index (χ0v) is 9.96. The molecule has 2 aromatic rings. The van der Waals surface area contributed by atoms with Crippen LogP contribution in [0.3, 0.4) is 0 Å². The van der Waals surface area contributed by atoms with Crippen molar-refractivity contribution in [2.45, 2.75) is 6.10 Å². The Hall–Kier alpha value is -2.80. The van der Waals surface area contributed by atoms with E-state index in [1.807, 2.05) is 12.1 Å². The molecule has 0 bridgehead atoms. The number of ether oxygens (including phenoxy) is 1. The third kappa shape index (κ3) is 2.02. The van der Waals surface area contributed by atoms with Crippen molar-refractivity contribution in [3.05, 3.63) is 59.7 Å². The number of nitriles is 1. The molecule has 0 saturated carbocycles. The molecular formula is C15H10N2O2. The second kappa shape index (κ2) is 4.46. The second-order valence-corrected chi connectivity index (χ2v) is 4.22. The molecule has 1 aliphatic rings. The van der Waals surface area contributed by atoms with Crippen molar-refractivity contribution < 1.29 is 9.53 Å². The summed E-state index contributed by atoms with van der Waals surface area (Å²) in [6.07, 6.45) is -0.719. The van der Waals surface area contributed by atoms with Gasteiger partial charge in [0.05, 0.1) is 17.3 Å². The van der Waals surface area contributed by atoms with Gasteiger partial charge in [-0.15, -0.1) is 0 Å². The Morgan fingerprint density at radius 3 is 2.84 bits per heavy atom. The first-order valence-electron chi connectivity index (χ1n) is 5.84. The Morgan fingerprint density at radius 1 is 1.16 bits per heavy atom. The smallest absolute Gasteiger partial charge is 0.270 e. The van der Waals surface area contributed by atoms with Crippen molar-refractivity contribution in [2.24, 2.45) is 0 Å². The van der Waals surface area contributed by atoms with Crippen molar-refractivity contribution in [3.8, 4) is 11.8 Å². The number of rotatable bonds is 1. The summed E-state index contributed by atoms with van der Waals surface area (Å²) in [5.41, 5.74) is 1.85. The van der Waals surface area contributed by atoms with Crippen LogP contribution in [0.25, 0.3) is 0 Å². The second-order valence-electron chi connectivity index (χ2n) is 4.22. The van der Waals surface area contributed by atoms with Crippen LogP contribution in [0, 0.1) is 11.3 Å². The molecule has 0 radical (unpaired) electrons. The van der Waals surface area contributed by atoms with Crippen LogP contribution in [0.4, 0.5) is 5.69 Å². The highest BCUT2D eigenvalue weighted by atomic mass is 16.5. The Labute approximate surface area is 110 Å². The minimum Gasteiger partial charge on any atom is -0.474 e. The summed E-state index contributed by atoms with van der Waals surface area (Å²) in [4.78, 5) is 12.0. The van der Waals surface area contributed by atoms with Crippen LogP contribution in [0.2, 0.25) is 0 Å². The number of amides is 1. The minimum absolute atomic E-state index is 0.228. The summed E-state index contributed by atoms with van der Waals surface area (Å²) in [5, 5.41) is 11.7. The lowest BCUT2D eigenvalue weighted by molar-refractivity contribution is -0.123.